The van der Waals surface area contributed by atoms with Crippen molar-refractivity contribution in [2.75, 3.05) is 0 Å². The summed E-state index contributed by atoms with van der Waals surface area (Å²) in [5.41, 5.74) is 3.16. The number of thioether (sulfide) groups is 1. The van der Waals surface area contributed by atoms with Gasteiger partial charge < -0.3 is 4.42 Å². The smallest absolute Gasteiger partial charge is 0.259 e. The second-order valence-electron chi connectivity index (χ2n) is 5.51. The topological polar surface area (TPSA) is 60.4 Å². The van der Waals surface area contributed by atoms with Crippen LogP contribution in [0.25, 0.3) is 26.3 Å². The molecule has 0 aliphatic carbocycles. The van der Waals surface area contributed by atoms with Crippen LogP contribution in [0, 0.1) is 0 Å². The minimum absolute atomic E-state index is 0.0596. The van der Waals surface area contributed by atoms with Crippen molar-refractivity contribution in [3.63, 3.8) is 0 Å². The van der Waals surface area contributed by atoms with Gasteiger partial charge in [-0.05, 0) is 24.3 Å². The summed E-state index contributed by atoms with van der Waals surface area (Å²) in [5.74, 6) is 0.535. The molecule has 2 aromatic carbocycles. The van der Waals surface area contributed by atoms with Crippen molar-refractivity contribution in [2.45, 2.75) is 11.0 Å². The summed E-state index contributed by atoms with van der Waals surface area (Å²) in [6.07, 6.45) is 0. The van der Waals surface area contributed by atoms with Crippen molar-refractivity contribution in [1.29, 1.82) is 0 Å². The van der Waals surface area contributed by atoms with E-state index >= 15 is 0 Å². The van der Waals surface area contributed by atoms with Crippen LogP contribution in [-0.2, 0) is 5.75 Å². The van der Waals surface area contributed by atoms with Crippen molar-refractivity contribution in [3.8, 4) is 0 Å². The Morgan fingerprint density at radius 2 is 1.92 bits per heavy atom. The molecule has 5 aromatic rings. The predicted octanol–water partition coefficient (Wildman–Crippen LogP) is 4.34. The Kier molecular flexibility index (Phi) is 3.36. The van der Waals surface area contributed by atoms with E-state index in [0.29, 0.717) is 15.9 Å². The maximum absolute atomic E-state index is 12.5. The van der Waals surface area contributed by atoms with Gasteiger partial charge in [-0.15, -0.1) is 0 Å². The van der Waals surface area contributed by atoms with Crippen molar-refractivity contribution >= 4 is 49.4 Å². The first kappa shape index (κ1) is 14.7. The van der Waals surface area contributed by atoms with Crippen LogP contribution < -0.4 is 5.56 Å². The largest absolute Gasteiger partial charge is 0.431 e. The minimum Gasteiger partial charge on any atom is -0.431 e. The Bertz CT molecular complexity index is 1250. The Morgan fingerprint density at radius 1 is 1.08 bits per heavy atom. The molecule has 0 saturated heterocycles. The van der Waals surface area contributed by atoms with E-state index in [1.165, 1.54) is 23.1 Å². The average molecular weight is 365 g/mol. The molecule has 122 valence electrons. The molecule has 0 bridgehead atoms. The standard InChI is InChI=1S/C18H11N3O2S2/c22-16-9-11(10-24-18-20-12-5-1-3-7-14(12)23-18)19-17-21(16)13-6-2-4-8-15(13)25-17/h1-9H,10H2. The summed E-state index contributed by atoms with van der Waals surface area (Å²) < 4.78 is 8.41. The van der Waals surface area contributed by atoms with Gasteiger partial charge in [0.1, 0.15) is 5.52 Å². The van der Waals surface area contributed by atoms with Crippen LogP contribution in [-0.4, -0.2) is 14.4 Å². The molecule has 5 rings (SSSR count). The van der Waals surface area contributed by atoms with Gasteiger partial charge in [0.2, 0.25) is 0 Å². The highest BCUT2D eigenvalue weighted by Crippen LogP contribution is 2.27. The summed E-state index contributed by atoms with van der Waals surface area (Å²) >= 11 is 2.96. The number of oxazole rings is 1. The van der Waals surface area contributed by atoms with Gasteiger partial charge in [-0.25, -0.2) is 9.97 Å². The summed E-state index contributed by atoms with van der Waals surface area (Å²) in [6.45, 7) is 0. The second kappa shape index (κ2) is 5.72. The van der Waals surface area contributed by atoms with Gasteiger partial charge >= 0.3 is 0 Å². The molecule has 0 aliphatic rings. The third kappa shape index (κ3) is 2.52. The molecule has 5 nitrogen and oxygen atoms in total. The third-order valence-corrected chi connectivity index (χ3v) is 5.75. The van der Waals surface area contributed by atoms with Crippen molar-refractivity contribution in [3.05, 3.63) is 70.6 Å². The van der Waals surface area contributed by atoms with Gasteiger partial charge in [0.05, 0.1) is 15.9 Å². The summed E-state index contributed by atoms with van der Waals surface area (Å²) in [6, 6.07) is 17.1. The first-order valence-electron chi connectivity index (χ1n) is 7.66. The molecular weight excluding hydrogens is 354 g/mol. The molecule has 7 heteroatoms. The molecule has 0 atom stereocenters. The van der Waals surface area contributed by atoms with E-state index in [9.17, 15) is 4.79 Å². The predicted molar refractivity (Wildman–Crippen MR) is 100 cm³/mol. The highest BCUT2D eigenvalue weighted by atomic mass is 32.2. The molecule has 3 heterocycles. The van der Waals surface area contributed by atoms with Crippen LogP contribution >= 0.6 is 23.1 Å². The molecule has 0 unspecified atom stereocenters. The number of thiazole rings is 1. The third-order valence-electron chi connectivity index (χ3n) is 3.87. The van der Waals surface area contributed by atoms with Crippen molar-refractivity contribution < 1.29 is 4.42 Å². The van der Waals surface area contributed by atoms with E-state index in [1.54, 1.807) is 10.5 Å². The fraction of sp³-hybridized carbons (Fsp3) is 0.0556. The zero-order valence-corrected chi connectivity index (χ0v) is 14.5. The fourth-order valence-corrected chi connectivity index (χ4v) is 4.53. The highest BCUT2D eigenvalue weighted by molar-refractivity contribution is 7.98. The van der Waals surface area contributed by atoms with Gasteiger partial charge in [0, 0.05) is 11.8 Å². The molecule has 0 saturated carbocycles. The summed E-state index contributed by atoms with van der Waals surface area (Å²) in [4.78, 5) is 22.3. The number of para-hydroxylation sites is 3. The molecule has 0 N–H and O–H groups in total. The van der Waals surface area contributed by atoms with E-state index < -0.39 is 0 Å². The number of benzene rings is 2. The Morgan fingerprint density at radius 3 is 2.84 bits per heavy atom. The lowest BCUT2D eigenvalue weighted by Gasteiger charge is -1.99. The zero-order valence-electron chi connectivity index (χ0n) is 12.9. The number of rotatable bonds is 3. The molecular formula is C18H11N3O2S2. The number of hydrogen-bond acceptors (Lipinski definition) is 6. The van der Waals surface area contributed by atoms with Crippen LogP contribution in [0.2, 0.25) is 0 Å². The molecule has 25 heavy (non-hydrogen) atoms. The van der Waals surface area contributed by atoms with Crippen LogP contribution in [0.3, 0.4) is 0 Å². The maximum Gasteiger partial charge on any atom is 0.259 e. The van der Waals surface area contributed by atoms with Gasteiger partial charge in [-0.2, -0.15) is 0 Å². The Hall–Kier alpha value is -2.64. The summed E-state index contributed by atoms with van der Waals surface area (Å²) in [5, 5.41) is 0.583. The SMILES string of the molecule is O=c1cc(CSc2nc3ccccc3o2)nc2sc3ccccc3n12. The van der Waals surface area contributed by atoms with Crippen molar-refractivity contribution in [2.24, 2.45) is 0 Å². The maximum atomic E-state index is 12.5. The van der Waals surface area contributed by atoms with E-state index in [1.807, 2.05) is 48.5 Å². The number of nitrogens with zero attached hydrogens (tertiary/aromatic N) is 3. The average Bonchev–Trinajstić information content (AvgIpc) is 3.20. The number of aromatic nitrogens is 3. The lowest BCUT2D eigenvalue weighted by atomic mass is 10.3. The van der Waals surface area contributed by atoms with Gasteiger partial charge in [-0.3, -0.25) is 9.20 Å². The highest BCUT2D eigenvalue weighted by Gasteiger charge is 2.11. The van der Waals surface area contributed by atoms with E-state index in [-0.39, 0.29) is 5.56 Å². The van der Waals surface area contributed by atoms with Crippen LogP contribution in [0.15, 0.2) is 69.0 Å². The fourth-order valence-electron chi connectivity index (χ4n) is 2.75. The molecule has 0 aliphatic heterocycles. The number of hydrogen-bond donors (Lipinski definition) is 0. The van der Waals surface area contributed by atoms with Gasteiger partial charge in [0.15, 0.2) is 10.5 Å². The van der Waals surface area contributed by atoms with E-state index in [0.717, 1.165) is 27.0 Å². The molecule has 3 aromatic heterocycles. The Balaban J connectivity index is 1.50. The normalized spacial score (nSPS) is 11.7. The molecule has 0 spiro atoms. The van der Waals surface area contributed by atoms with Crippen LogP contribution in [0.4, 0.5) is 0 Å². The molecule has 0 fully saturated rings. The minimum atomic E-state index is -0.0596. The second-order valence-corrected chi connectivity index (χ2v) is 7.45. The van der Waals surface area contributed by atoms with E-state index in [2.05, 4.69) is 9.97 Å². The Labute approximate surface area is 150 Å². The van der Waals surface area contributed by atoms with Crippen molar-refractivity contribution in [1.82, 2.24) is 14.4 Å². The lowest BCUT2D eigenvalue weighted by molar-refractivity contribution is 0.489. The first-order chi connectivity index (χ1) is 12.3. The van der Waals surface area contributed by atoms with Gasteiger partial charge in [0.25, 0.3) is 10.8 Å². The molecule has 0 amide bonds. The first-order valence-corrected chi connectivity index (χ1v) is 9.47. The van der Waals surface area contributed by atoms with Gasteiger partial charge in [-0.1, -0.05) is 47.4 Å². The monoisotopic (exact) mass is 365 g/mol. The van der Waals surface area contributed by atoms with Crippen LogP contribution in [0.5, 0.6) is 0 Å². The van der Waals surface area contributed by atoms with Crippen LogP contribution in [0.1, 0.15) is 5.69 Å². The van der Waals surface area contributed by atoms with E-state index in [4.69, 9.17) is 4.42 Å². The zero-order chi connectivity index (χ0) is 16.8. The quantitative estimate of drug-likeness (QED) is 0.445. The lowest BCUT2D eigenvalue weighted by Crippen LogP contribution is -2.13. The molecule has 0 radical (unpaired) electrons. The summed E-state index contributed by atoms with van der Waals surface area (Å²) in [7, 11) is 0. The number of fused-ring (bicyclic) bond motifs is 4.